The molecule has 0 aliphatic carbocycles. The Morgan fingerprint density at radius 3 is 2.11 bits per heavy atom. The van der Waals surface area contributed by atoms with Gasteiger partial charge in [0.05, 0.1) is 19.0 Å². The van der Waals surface area contributed by atoms with E-state index in [1.54, 1.807) is 24.3 Å². The van der Waals surface area contributed by atoms with Gasteiger partial charge in [-0.05, 0) is 18.4 Å². The number of aromatic amines is 1. The number of aromatic nitrogens is 2. The third-order valence-corrected chi connectivity index (χ3v) is 5.36. The maximum atomic E-state index is 13.2. The minimum Gasteiger partial charge on any atom is -0.480 e. The zero-order chi connectivity index (χ0) is 27.4. The number of hydrogen-bond donors (Lipinski definition) is 8. The minimum atomic E-state index is -1.63. The highest BCUT2D eigenvalue weighted by Crippen LogP contribution is 2.06. The van der Waals surface area contributed by atoms with Crippen molar-refractivity contribution in [3.63, 3.8) is 0 Å². The summed E-state index contributed by atoms with van der Waals surface area (Å²) in [5.41, 5.74) is 12.5. The van der Waals surface area contributed by atoms with Crippen molar-refractivity contribution in [1.82, 2.24) is 25.9 Å². The molecular formula is C23H31N7O7. The molecule has 1 aromatic carbocycles. The van der Waals surface area contributed by atoms with Crippen molar-refractivity contribution >= 4 is 29.6 Å². The van der Waals surface area contributed by atoms with E-state index >= 15 is 0 Å². The second kappa shape index (κ2) is 14.3. The van der Waals surface area contributed by atoms with Gasteiger partial charge in [0.25, 0.3) is 0 Å². The van der Waals surface area contributed by atoms with E-state index in [2.05, 4.69) is 25.9 Å². The molecule has 0 saturated heterocycles. The van der Waals surface area contributed by atoms with E-state index in [1.807, 2.05) is 6.07 Å². The first-order chi connectivity index (χ1) is 17.6. The maximum absolute atomic E-state index is 13.2. The van der Waals surface area contributed by atoms with Crippen molar-refractivity contribution in [3.8, 4) is 0 Å². The highest BCUT2D eigenvalue weighted by atomic mass is 16.4. The summed E-state index contributed by atoms with van der Waals surface area (Å²) in [7, 11) is 0. The predicted octanol–water partition coefficient (Wildman–Crippen LogP) is -2.68. The summed E-state index contributed by atoms with van der Waals surface area (Å²) in [5.74, 6) is -4.61. The van der Waals surface area contributed by atoms with E-state index in [9.17, 15) is 29.1 Å². The Labute approximate surface area is 212 Å². The summed E-state index contributed by atoms with van der Waals surface area (Å²) in [6.45, 7) is -0.893. The van der Waals surface area contributed by atoms with Crippen molar-refractivity contribution < 1.29 is 34.2 Å². The monoisotopic (exact) mass is 517 g/mol. The van der Waals surface area contributed by atoms with Crippen molar-refractivity contribution in [2.75, 3.05) is 6.61 Å². The van der Waals surface area contributed by atoms with Gasteiger partial charge in [-0.2, -0.15) is 0 Å². The van der Waals surface area contributed by atoms with E-state index in [0.717, 1.165) is 5.56 Å². The Kier molecular flexibility index (Phi) is 11.2. The Hall–Kier alpha value is -4.30. The zero-order valence-corrected chi connectivity index (χ0v) is 19.9. The first-order valence-electron chi connectivity index (χ1n) is 11.4. The summed E-state index contributed by atoms with van der Waals surface area (Å²) in [6.07, 6.45) is 2.47. The average Bonchev–Trinajstić information content (AvgIpc) is 3.37. The number of carboxylic acids is 1. The number of imidazole rings is 1. The number of H-pyrrole nitrogens is 1. The lowest BCUT2D eigenvalue weighted by Gasteiger charge is -2.24. The standard InChI is InChI=1S/C23H31N7O7/c24-15(8-13-4-2-1-3-5-13)20(33)29-17(9-14-10-26-12-27-14)22(35)28-16(6-7-19(25)32)21(34)30-18(11-31)23(36)37/h1-5,10,12,15-18,31H,6-9,11,24H2,(H2,25,32)(H,26,27)(H,28,35)(H,29,33)(H,30,34)(H,36,37). The molecule has 4 atom stereocenters. The Bertz CT molecular complexity index is 1060. The molecule has 10 N–H and O–H groups in total. The van der Waals surface area contributed by atoms with Gasteiger partial charge in [-0.25, -0.2) is 9.78 Å². The van der Waals surface area contributed by atoms with Gasteiger partial charge in [-0.15, -0.1) is 0 Å². The van der Waals surface area contributed by atoms with Crippen molar-refractivity contribution in [2.24, 2.45) is 11.5 Å². The lowest BCUT2D eigenvalue weighted by Crippen LogP contribution is -2.58. The van der Waals surface area contributed by atoms with Crippen LogP contribution in [0.5, 0.6) is 0 Å². The molecule has 0 bridgehead atoms. The number of nitrogens with zero attached hydrogens (tertiary/aromatic N) is 1. The van der Waals surface area contributed by atoms with Gasteiger partial charge in [0.1, 0.15) is 18.1 Å². The fraction of sp³-hybridized carbons (Fsp3) is 0.391. The summed E-state index contributed by atoms with van der Waals surface area (Å²) >= 11 is 0. The third kappa shape index (κ3) is 9.70. The van der Waals surface area contributed by atoms with E-state index < -0.39 is 60.4 Å². The topological polar surface area (TPSA) is 243 Å². The van der Waals surface area contributed by atoms with Crippen LogP contribution in [-0.4, -0.2) is 80.6 Å². The van der Waals surface area contributed by atoms with Gasteiger partial charge in [0.2, 0.25) is 23.6 Å². The molecule has 0 fully saturated rings. The van der Waals surface area contributed by atoms with Crippen LogP contribution in [0.2, 0.25) is 0 Å². The number of rotatable bonds is 15. The van der Waals surface area contributed by atoms with Crippen molar-refractivity contribution in [1.29, 1.82) is 0 Å². The number of aliphatic hydroxyl groups is 1. The molecule has 0 saturated carbocycles. The van der Waals surface area contributed by atoms with E-state index in [4.69, 9.17) is 16.6 Å². The first kappa shape index (κ1) is 28.9. The van der Waals surface area contributed by atoms with Crippen molar-refractivity contribution in [2.45, 2.75) is 49.9 Å². The normalized spacial score (nSPS) is 14.0. The molecule has 14 nitrogen and oxygen atoms in total. The summed E-state index contributed by atoms with van der Waals surface area (Å²) < 4.78 is 0. The van der Waals surface area contributed by atoms with Gasteiger partial charge in [0, 0.05) is 24.7 Å². The summed E-state index contributed by atoms with van der Waals surface area (Å²) in [5, 5.41) is 25.4. The zero-order valence-electron chi connectivity index (χ0n) is 19.9. The lowest BCUT2D eigenvalue weighted by molar-refractivity contribution is -0.143. The molecule has 0 aliphatic rings. The molecule has 0 radical (unpaired) electrons. The van der Waals surface area contributed by atoms with Crippen LogP contribution in [0, 0.1) is 0 Å². The largest absolute Gasteiger partial charge is 0.480 e. The van der Waals surface area contributed by atoms with Crippen LogP contribution in [0.25, 0.3) is 0 Å². The SMILES string of the molecule is NC(=O)CCC(NC(=O)C(Cc1cnc[nH]1)NC(=O)C(N)Cc1ccccc1)C(=O)NC(CO)C(=O)O. The number of nitrogens with one attached hydrogen (secondary N) is 4. The van der Waals surface area contributed by atoms with Gasteiger partial charge < -0.3 is 42.6 Å². The number of primary amides is 1. The van der Waals surface area contributed by atoms with Crippen LogP contribution in [0.1, 0.15) is 24.1 Å². The van der Waals surface area contributed by atoms with Crippen molar-refractivity contribution in [3.05, 3.63) is 54.1 Å². The molecule has 4 unspecified atom stereocenters. The first-order valence-corrected chi connectivity index (χ1v) is 11.4. The molecule has 14 heteroatoms. The molecule has 1 aromatic heterocycles. The second-order valence-electron chi connectivity index (χ2n) is 8.29. The molecular weight excluding hydrogens is 486 g/mol. The summed E-state index contributed by atoms with van der Waals surface area (Å²) in [6, 6.07) is 3.85. The predicted molar refractivity (Wildman–Crippen MR) is 129 cm³/mol. The van der Waals surface area contributed by atoms with Crippen LogP contribution in [-0.2, 0) is 36.8 Å². The number of amides is 4. The Balaban J connectivity index is 2.17. The van der Waals surface area contributed by atoms with E-state index in [-0.39, 0.29) is 25.7 Å². The average molecular weight is 518 g/mol. The number of carboxylic acid groups (broad SMARTS) is 1. The van der Waals surface area contributed by atoms with Gasteiger partial charge in [-0.3, -0.25) is 19.2 Å². The molecule has 1 heterocycles. The molecule has 200 valence electrons. The fourth-order valence-corrected chi connectivity index (χ4v) is 3.35. The van der Waals surface area contributed by atoms with Gasteiger partial charge in [0.15, 0.2) is 0 Å². The number of aliphatic hydroxyl groups excluding tert-OH is 1. The fourth-order valence-electron chi connectivity index (χ4n) is 3.35. The maximum Gasteiger partial charge on any atom is 0.328 e. The number of nitrogens with two attached hydrogens (primary N) is 2. The lowest BCUT2D eigenvalue weighted by atomic mass is 10.0. The molecule has 0 spiro atoms. The van der Waals surface area contributed by atoms with E-state index in [1.165, 1.54) is 12.5 Å². The Morgan fingerprint density at radius 2 is 1.54 bits per heavy atom. The number of aliphatic carboxylic acids is 1. The number of carbonyl (C=O) groups is 5. The molecule has 37 heavy (non-hydrogen) atoms. The van der Waals surface area contributed by atoms with Crippen LogP contribution < -0.4 is 27.4 Å². The third-order valence-electron chi connectivity index (χ3n) is 5.36. The Morgan fingerprint density at radius 1 is 0.919 bits per heavy atom. The number of carbonyl (C=O) groups excluding carboxylic acids is 4. The number of hydrogen-bond acceptors (Lipinski definition) is 8. The molecule has 0 aliphatic heterocycles. The highest BCUT2D eigenvalue weighted by molar-refractivity contribution is 5.94. The van der Waals surface area contributed by atoms with Crippen LogP contribution in [0.15, 0.2) is 42.9 Å². The van der Waals surface area contributed by atoms with Gasteiger partial charge >= 0.3 is 5.97 Å². The van der Waals surface area contributed by atoms with Crippen LogP contribution in [0.3, 0.4) is 0 Å². The summed E-state index contributed by atoms with van der Waals surface area (Å²) in [4.78, 5) is 67.8. The second-order valence-corrected chi connectivity index (χ2v) is 8.29. The van der Waals surface area contributed by atoms with Gasteiger partial charge in [-0.1, -0.05) is 30.3 Å². The molecule has 4 amide bonds. The molecule has 2 aromatic rings. The van der Waals surface area contributed by atoms with E-state index in [0.29, 0.717) is 5.69 Å². The van der Waals surface area contributed by atoms with Crippen LogP contribution >= 0.6 is 0 Å². The highest BCUT2D eigenvalue weighted by Gasteiger charge is 2.30. The minimum absolute atomic E-state index is 0.0336. The smallest absolute Gasteiger partial charge is 0.328 e. The number of benzene rings is 1. The quantitative estimate of drug-likeness (QED) is 0.122. The molecule has 2 rings (SSSR count). The van der Waals surface area contributed by atoms with Crippen LogP contribution in [0.4, 0.5) is 0 Å².